The van der Waals surface area contributed by atoms with E-state index in [1.54, 1.807) is 0 Å². The van der Waals surface area contributed by atoms with Crippen molar-refractivity contribution in [2.45, 2.75) is 55.6 Å². The summed E-state index contributed by atoms with van der Waals surface area (Å²) in [4.78, 5) is 0. The highest BCUT2D eigenvalue weighted by atomic mass is 32.2. The molecule has 2 saturated carbocycles. The van der Waals surface area contributed by atoms with Gasteiger partial charge in [-0.25, -0.2) is 0 Å². The van der Waals surface area contributed by atoms with Crippen molar-refractivity contribution in [2.24, 2.45) is 17.8 Å². The second-order valence-electron chi connectivity index (χ2n) is 6.63. The Balaban J connectivity index is 2.28. The molecule has 142 valence electrons. The highest BCUT2D eigenvalue weighted by Gasteiger charge is 2.72. The fraction of sp³-hybridized carbons (Fsp3) is 1.00. The molecule has 2 aliphatic carbocycles. The summed E-state index contributed by atoms with van der Waals surface area (Å²) in [7, 11) is -10.4. The van der Waals surface area contributed by atoms with Crippen LogP contribution in [0.4, 0.5) is 17.6 Å². The minimum absolute atomic E-state index is 0.0418. The van der Waals surface area contributed by atoms with Crippen molar-refractivity contribution >= 4 is 20.2 Å². The molecule has 0 aromatic rings. The Morgan fingerprint density at radius 2 is 1.58 bits per heavy atom. The molecule has 0 aromatic carbocycles. The molecule has 0 heterocycles. The summed E-state index contributed by atoms with van der Waals surface area (Å²) < 4.78 is 114. The fourth-order valence-corrected chi connectivity index (χ4v) is 4.77. The standard InChI is InChI=1S/C12H18F4O6S2/c1-6(2)23(17,18)22-10-5-7-3-8(10)9(4-7)11(13,14)12(15,16)24(19,20)21/h6-10H,3-5H2,1-2H3,(H,19,20,21). The summed E-state index contributed by atoms with van der Waals surface area (Å²) in [6.07, 6.45) is -1.42. The molecule has 0 aromatic heterocycles. The van der Waals surface area contributed by atoms with Gasteiger partial charge in [-0.3, -0.25) is 8.74 Å². The van der Waals surface area contributed by atoms with E-state index in [-0.39, 0.29) is 19.3 Å². The summed E-state index contributed by atoms with van der Waals surface area (Å²) in [5, 5.41) is -6.59. The molecular formula is C12H18F4O6S2. The van der Waals surface area contributed by atoms with Crippen LogP contribution in [0.15, 0.2) is 0 Å². The van der Waals surface area contributed by atoms with Crippen molar-refractivity contribution in [3.05, 3.63) is 0 Å². The van der Waals surface area contributed by atoms with Gasteiger partial charge in [0.15, 0.2) is 0 Å². The SMILES string of the molecule is CC(C)S(=O)(=O)OC1CC2CC1C(C(F)(F)C(F)(F)S(=O)(=O)O)C2. The zero-order valence-corrected chi connectivity index (χ0v) is 14.5. The summed E-state index contributed by atoms with van der Waals surface area (Å²) in [6, 6.07) is 0. The zero-order chi connectivity index (χ0) is 18.7. The van der Waals surface area contributed by atoms with Gasteiger partial charge in [-0.2, -0.15) is 34.4 Å². The Morgan fingerprint density at radius 3 is 2.00 bits per heavy atom. The van der Waals surface area contributed by atoms with Crippen LogP contribution in [0, 0.1) is 17.8 Å². The summed E-state index contributed by atoms with van der Waals surface area (Å²) in [5.41, 5.74) is 0. The van der Waals surface area contributed by atoms with Gasteiger partial charge in [0, 0.05) is 5.92 Å². The molecular weight excluding hydrogens is 380 g/mol. The van der Waals surface area contributed by atoms with Crippen molar-refractivity contribution in [1.29, 1.82) is 0 Å². The first-order chi connectivity index (χ1) is 10.6. The zero-order valence-electron chi connectivity index (χ0n) is 12.8. The van der Waals surface area contributed by atoms with E-state index in [2.05, 4.69) is 0 Å². The van der Waals surface area contributed by atoms with Gasteiger partial charge in [0.25, 0.3) is 10.1 Å². The fourth-order valence-electron chi connectivity index (χ4n) is 3.48. The minimum atomic E-state index is -6.32. The third-order valence-electron chi connectivity index (χ3n) is 4.77. The molecule has 2 aliphatic rings. The van der Waals surface area contributed by atoms with E-state index in [1.165, 1.54) is 13.8 Å². The lowest BCUT2D eigenvalue weighted by molar-refractivity contribution is -0.208. The Kier molecular flexibility index (Phi) is 4.78. The topological polar surface area (TPSA) is 97.7 Å². The van der Waals surface area contributed by atoms with E-state index in [0.29, 0.717) is 0 Å². The smallest absolute Gasteiger partial charge is 0.281 e. The number of halogens is 4. The first kappa shape index (κ1) is 19.9. The van der Waals surface area contributed by atoms with Crippen LogP contribution in [0.2, 0.25) is 0 Å². The molecule has 6 nitrogen and oxygen atoms in total. The number of hydrogen-bond donors (Lipinski definition) is 1. The van der Waals surface area contributed by atoms with Gasteiger partial charge in [0.05, 0.1) is 11.4 Å². The molecule has 0 radical (unpaired) electrons. The quantitative estimate of drug-likeness (QED) is 0.419. The van der Waals surface area contributed by atoms with Crippen LogP contribution in [0.1, 0.15) is 33.1 Å². The lowest BCUT2D eigenvalue weighted by atomic mass is 9.82. The van der Waals surface area contributed by atoms with Gasteiger partial charge in [0.1, 0.15) is 0 Å². The van der Waals surface area contributed by atoms with Crippen LogP contribution in [0.25, 0.3) is 0 Å². The van der Waals surface area contributed by atoms with Crippen molar-refractivity contribution in [3.63, 3.8) is 0 Å². The third-order valence-corrected chi connectivity index (χ3v) is 7.36. The molecule has 0 spiro atoms. The lowest BCUT2D eigenvalue weighted by Crippen LogP contribution is -2.54. The maximum atomic E-state index is 14.1. The molecule has 2 bridgehead atoms. The van der Waals surface area contributed by atoms with Crippen molar-refractivity contribution in [3.8, 4) is 0 Å². The van der Waals surface area contributed by atoms with Crippen LogP contribution in [0.3, 0.4) is 0 Å². The maximum Gasteiger partial charge on any atom is 0.431 e. The van der Waals surface area contributed by atoms with Gasteiger partial charge in [-0.15, -0.1) is 0 Å². The molecule has 2 rings (SSSR count). The Morgan fingerprint density at radius 1 is 1.04 bits per heavy atom. The summed E-state index contributed by atoms with van der Waals surface area (Å²) in [5.74, 6) is -8.83. The number of fused-ring (bicyclic) bond motifs is 2. The van der Waals surface area contributed by atoms with E-state index in [1.807, 2.05) is 0 Å². The normalized spacial score (nSPS) is 31.8. The highest BCUT2D eigenvalue weighted by Crippen LogP contribution is 2.59. The highest BCUT2D eigenvalue weighted by molar-refractivity contribution is 7.87. The Labute approximate surface area is 137 Å². The third kappa shape index (κ3) is 3.06. The predicted octanol–water partition coefficient (Wildman–Crippen LogP) is 2.27. The molecule has 1 N–H and O–H groups in total. The average molecular weight is 398 g/mol. The van der Waals surface area contributed by atoms with Crippen LogP contribution in [0.5, 0.6) is 0 Å². The van der Waals surface area contributed by atoms with Gasteiger partial charge in [-0.1, -0.05) is 0 Å². The van der Waals surface area contributed by atoms with Crippen LogP contribution in [-0.2, 0) is 24.4 Å². The van der Waals surface area contributed by atoms with E-state index in [0.717, 1.165) is 0 Å². The molecule has 0 saturated heterocycles. The van der Waals surface area contributed by atoms with E-state index >= 15 is 0 Å². The first-order valence-corrected chi connectivity index (χ1v) is 10.2. The predicted molar refractivity (Wildman–Crippen MR) is 74.7 cm³/mol. The van der Waals surface area contributed by atoms with Crippen molar-refractivity contribution in [2.75, 3.05) is 0 Å². The van der Waals surface area contributed by atoms with Gasteiger partial charge >= 0.3 is 21.3 Å². The number of alkyl halides is 4. The Hall–Kier alpha value is -0.460. The van der Waals surface area contributed by atoms with Gasteiger partial charge in [0.2, 0.25) is 0 Å². The first-order valence-electron chi connectivity index (χ1n) is 7.26. The maximum absolute atomic E-state index is 14.1. The Bertz CT molecular complexity index is 703. The number of hydrogen-bond acceptors (Lipinski definition) is 5. The molecule has 2 fully saturated rings. The molecule has 12 heteroatoms. The largest absolute Gasteiger partial charge is 0.431 e. The lowest BCUT2D eigenvalue weighted by Gasteiger charge is -2.36. The summed E-state index contributed by atoms with van der Waals surface area (Å²) >= 11 is 0. The van der Waals surface area contributed by atoms with E-state index in [4.69, 9.17) is 8.74 Å². The number of rotatable bonds is 6. The average Bonchev–Trinajstić information content (AvgIpc) is 2.96. The molecule has 24 heavy (non-hydrogen) atoms. The van der Waals surface area contributed by atoms with Gasteiger partial charge < -0.3 is 0 Å². The molecule has 0 amide bonds. The summed E-state index contributed by atoms with van der Waals surface area (Å²) in [6.45, 7) is 2.64. The van der Waals surface area contributed by atoms with Crippen LogP contribution < -0.4 is 0 Å². The van der Waals surface area contributed by atoms with Crippen LogP contribution >= 0.6 is 0 Å². The molecule has 0 aliphatic heterocycles. The second kappa shape index (κ2) is 5.78. The molecule has 4 atom stereocenters. The van der Waals surface area contributed by atoms with Crippen LogP contribution in [-0.4, -0.2) is 43.9 Å². The van der Waals surface area contributed by atoms with Crippen molar-refractivity contribution < 1.29 is 43.1 Å². The second-order valence-corrected chi connectivity index (χ2v) is 10.2. The van der Waals surface area contributed by atoms with E-state index in [9.17, 15) is 34.4 Å². The van der Waals surface area contributed by atoms with E-state index < -0.39 is 60.5 Å². The molecule has 4 unspecified atom stereocenters. The van der Waals surface area contributed by atoms with Gasteiger partial charge in [-0.05, 0) is 44.9 Å². The minimum Gasteiger partial charge on any atom is -0.281 e. The monoisotopic (exact) mass is 398 g/mol. The van der Waals surface area contributed by atoms with Crippen molar-refractivity contribution in [1.82, 2.24) is 0 Å².